The van der Waals surface area contributed by atoms with E-state index in [0.29, 0.717) is 18.3 Å². The molecule has 0 fully saturated rings. The van der Waals surface area contributed by atoms with Crippen LogP contribution < -0.4 is 5.32 Å². The molecule has 0 aliphatic carbocycles. The zero-order chi connectivity index (χ0) is 14.4. The second-order valence-corrected chi connectivity index (χ2v) is 5.12. The van der Waals surface area contributed by atoms with Gasteiger partial charge < -0.3 is 10.4 Å². The Labute approximate surface area is 119 Å². The lowest BCUT2D eigenvalue weighted by molar-refractivity contribution is 0.474. The second kappa shape index (κ2) is 7.06. The summed E-state index contributed by atoms with van der Waals surface area (Å²) in [6.45, 7) is 2.80. The fraction of sp³-hybridized carbons (Fsp3) is 0.294. The first-order valence-electron chi connectivity index (χ1n) is 6.89. The first kappa shape index (κ1) is 14.5. The van der Waals surface area contributed by atoms with E-state index in [2.05, 4.69) is 12.2 Å². The molecule has 106 valence electrons. The van der Waals surface area contributed by atoms with Gasteiger partial charge >= 0.3 is 0 Å². The van der Waals surface area contributed by atoms with Crippen LogP contribution in [-0.4, -0.2) is 11.1 Å². The van der Waals surface area contributed by atoms with Gasteiger partial charge in [-0.25, -0.2) is 4.39 Å². The molecule has 0 aromatic heterocycles. The number of aromatic hydroxyl groups is 1. The standard InChI is InChI=1S/C17H20FNO/c1-13(5-6-14-7-9-17(20)10-8-14)19-12-15-3-2-4-16(18)11-15/h2-4,7-11,13,19-20H,5-6,12H2,1H3/t13-/m1/s1. The minimum atomic E-state index is -0.193. The molecule has 2 N–H and O–H groups in total. The molecule has 0 aliphatic heterocycles. The fourth-order valence-electron chi connectivity index (χ4n) is 2.09. The lowest BCUT2D eigenvalue weighted by Crippen LogP contribution is -2.26. The Morgan fingerprint density at radius 1 is 1.10 bits per heavy atom. The van der Waals surface area contributed by atoms with Crippen LogP contribution in [0.2, 0.25) is 0 Å². The van der Waals surface area contributed by atoms with Gasteiger partial charge in [0, 0.05) is 12.6 Å². The van der Waals surface area contributed by atoms with E-state index in [0.717, 1.165) is 18.4 Å². The highest BCUT2D eigenvalue weighted by molar-refractivity contribution is 5.26. The molecule has 0 radical (unpaired) electrons. The highest BCUT2D eigenvalue weighted by Gasteiger charge is 2.03. The summed E-state index contributed by atoms with van der Waals surface area (Å²) in [5.41, 5.74) is 2.17. The van der Waals surface area contributed by atoms with E-state index in [9.17, 15) is 9.50 Å². The molecule has 0 unspecified atom stereocenters. The highest BCUT2D eigenvalue weighted by atomic mass is 19.1. The summed E-state index contributed by atoms with van der Waals surface area (Å²) in [7, 11) is 0. The lowest BCUT2D eigenvalue weighted by Gasteiger charge is -2.14. The molecule has 0 amide bonds. The summed E-state index contributed by atoms with van der Waals surface area (Å²) in [5.74, 6) is 0.104. The van der Waals surface area contributed by atoms with E-state index >= 15 is 0 Å². The number of phenols is 1. The van der Waals surface area contributed by atoms with Crippen LogP contribution in [0.25, 0.3) is 0 Å². The van der Waals surface area contributed by atoms with Gasteiger partial charge in [0.15, 0.2) is 0 Å². The quantitative estimate of drug-likeness (QED) is 0.842. The van der Waals surface area contributed by atoms with Gasteiger partial charge in [0.25, 0.3) is 0 Å². The Morgan fingerprint density at radius 3 is 2.55 bits per heavy atom. The van der Waals surface area contributed by atoms with E-state index in [1.807, 2.05) is 18.2 Å². The second-order valence-electron chi connectivity index (χ2n) is 5.12. The predicted molar refractivity (Wildman–Crippen MR) is 79.1 cm³/mol. The van der Waals surface area contributed by atoms with Crippen LogP contribution in [0.5, 0.6) is 5.75 Å². The molecule has 0 saturated carbocycles. The first-order chi connectivity index (χ1) is 9.63. The number of halogens is 1. The van der Waals surface area contributed by atoms with E-state index < -0.39 is 0 Å². The van der Waals surface area contributed by atoms with Crippen molar-refractivity contribution in [1.29, 1.82) is 0 Å². The Hall–Kier alpha value is -1.87. The van der Waals surface area contributed by atoms with Crippen LogP contribution in [0.3, 0.4) is 0 Å². The Morgan fingerprint density at radius 2 is 1.85 bits per heavy atom. The van der Waals surface area contributed by atoms with Crippen molar-refractivity contribution < 1.29 is 9.50 Å². The molecule has 0 bridgehead atoms. The largest absolute Gasteiger partial charge is 0.508 e. The summed E-state index contributed by atoms with van der Waals surface area (Å²) in [6, 6.07) is 14.3. The number of phenolic OH excluding ortho intramolecular Hbond substituents is 1. The Bertz CT molecular complexity index is 539. The number of hydrogen-bond acceptors (Lipinski definition) is 2. The topological polar surface area (TPSA) is 32.3 Å². The average Bonchev–Trinajstić information content (AvgIpc) is 2.45. The van der Waals surface area contributed by atoms with Crippen molar-refractivity contribution in [3.8, 4) is 5.75 Å². The van der Waals surface area contributed by atoms with E-state index in [1.165, 1.54) is 11.6 Å². The van der Waals surface area contributed by atoms with Gasteiger partial charge in [-0.3, -0.25) is 0 Å². The van der Waals surface area contributed by atoms with Gasteiger partial charge in [-0.15, -0.1) is 0 Å². The molecular weight excluding hydrogens is 253 g/mol. The summed E-state index contributed by atoms with van der Waals surface area (Å²) in [6.07, 6.45) is 1.96. The molecule has 2 nitrogen and oxygen atoms in total. The van der Waals surface area contributed by atoms with Crippen molar-refractivity contribution in [1.82, 2.24) is 5.32 Å². The third-order valence-corrected chi connectivity index (χ3v) is 3.35. The molecule has 2 aromatic carbocycles. The number of rotatable bonds is 6. The van der Waals surface area contributed by atoms with Gasteiger partial charge in [-0.2, -0.15) is 0 Å². The van der Waals surface area contributed by atoms with Crippen LogP contribution in [0.4, 0.5) is 4.39 Å². The zero-order valence-corrected chi connectivity index (χ0v) is 11.6. The summed E-state index contributed by atoms with van der Waals surface area (Å²) in [4.78, 5) is 0. The van der Waals surface area contributed by atoms with E-state index in [4.69, 9.17) is 0 Å². The van der Waals surface area contributed by atoms with Crippen LogP contribution in [0, 0.1) is 5.82 Å². The number of benzene rings is 2. The molecular formula is C17H20FNO. The van der Waals surface area contributed by atoms with Gasteiger partial charge in [0.2, 0.25) is 0 Å². The van der Waals surface area contributed by atoms with Crippen molar-refractivity contribution in [2.75, 3.05) is 0 Å². The monoisotopic (exact) mass is 273 g/mol. The molecule has 2 aromatic rings. The van der Waals surface area contributed by atoms with Crippen molar-refractivity contribution in [2.45, 2.75) is 32.4 Å². The molecule has 0 heterocycles. The minimum Gasteiger partial charge on any atom is -0.508 e. The van der Waals surface area contributed by atoms with Crippen LogP contribution in [0.1, 0.15) is 24.5 Å². The summed E-state index contributed by atoms with van der Waals surface area (Å²) < 4.78 is 13.0. The average molecular weight is 273 g/mol. The van der Waals surface area contributed by atoms with Crippen molar-refractivity contribution in [2.24, 2.45) is 0 Å². The molecule has 2 rings (SSSR count). The Kier molecular flexibility index (Phi) is 5.13. The molecule has 3 heteroatoms. The minimum absolute atomic E-state index is 0.193. The summed E-state index contributed by atoms with van der Waals surface area (Å²) >= 11 is 0. The third kappa shape index (κ3) is 4.67. The SMILES string of the molecule is C[C@H](CCc1ccc(O)cc1)NCc1cccc(F)c1. The van der Waals surface area contributed by atoms with Crippen molar-refractivity contribution >= 4 is 0 Å². The molecule has 0 aliphatic rings. The smallest absolute Gasteiger partial charge is 0.123 e. The maximum absolute atomic E-state index is 13.0. The van der Waals surface area contributed by atoms with Gasteiger partial charge in [-0.05, 0) is 55.2 Å². The molecule has 20 heavy (non-hydrogen) atoms. The molecule has 1 atom stereocenters. The molecule has 0 spiro atoms. The predicted octanol–water partition coefficient (Wildman–Crippen LogP) is 3.64. The normalized spacial score (nSPS) is 12.3. The highest BCUT2D eigenvalue weighted by Crippen LogP contribution is 2.12. The lowest BCUT2D eigenvalue weighted by atomic mass is 10.1. The molecule has 0 saturated heterocycles. The van der Waals surface area contributed by atoms with Crippen LogP contribution >= 0.6 is 0 Å². The van der Waals surface area contributed by atoms with Crippen molar-refractivity contribution in [3.05, 3.63) is 65.5 Å². The third-order valence-electron chi connectivity index (χ3n) is 3.35. The Balaban J connectivity index is 1.75. The summed E-state index contributed by atoms with van der Waals surface area (Å²) in [5, 5.41) is 12.6. The van der Waals surface area contributed by atoms with E-state index in [-0.39, 0.29) is 5.82 Å². The van der Waals surface area contributed by atoms with Crippen LogP contribution in [0.15, 0.2) is 48.5 Å². The fourth-order valence-corrected chi connectivity index (χ4v) is 2.09. The van der Waals surface area contributed by atoms with Crippen molar-refractivity contribution in [3.63, 3.8) is 0 Å². The number of nitrogens with one attached hydrogen (secondary N) is 1. The number of hydrogen-bond donors (Lipinski definition) is 2. The zero-order valence-electron chi connectivity index (χ0n) is 11.6. The van der Waals surface area contributed by atoms with E-state index in [1.54, 1.807) is 24.3 Å². The first-order valence-corrected chi connectivity index (χ1v) is 6.89. The number of aryl methyl sites for hydroxylation is 1. The van der Waals surface area contributed by atoms with Gasteiger partial charge in [0.1, 0.15) is 11.6 Å². The van der Waals surface area contributed by atoms with Crippen LogP contribution in [-0.2, 0) is 13.0 Å². The maximum atomic E-state index is 13.0. The van der Waals surface area contributed by atoms with Gasteiger partial charge in [0.05, 0.1) is 0 Å². The van der Waals surface area contributed by atoms with Gasteiger partial charge in [-0.1, -0.05) is 24.3 Å². The maximum Gasteiger partial charge on any atom is 0.123 e.